The number of hydrogen-bond donors (Lipinski definition) is 1. The summed E-state index contributed by atoms with van der Waals surface area (Å²) in [5.74, 6) is 0.573. The summed E-state index contributed by atoms with van der Waals surface area (Å²) >= 11 is 1.30. The van der Waals surface area contributed by atoms with E-state index in [0.29, 0.717) is 12.3 Å². The molecule has 3 rings (SSSR count). The Hall–Kier alpha value is -1.74. The predicted octanol–water partition coefficient (Wildman–Crippen LogP) is 6.49. The highest BCUT2D eigenvalue weighted by Gasteiger charge is 2.37. The fraction of sp³-hybridized carbons (Fsp3) is 0.429. The molecule has 0 radical (unpaired) electrons. The van der Waals surface area contributed by atoms with Gasteiger partial charge in [-0.15, -0.1) is 0 Å². The molecule has 1 nitrogen and oxygen atoms in total. The lowest BCUT2D eigenvalue weighted by Crippen LogP contribution is -2.36. The number of hydrogen-bond acceptors (Lipinski definition) is 2. The van der Waals surface area contributed by atoms with Crippen molar-refractivity contribution >= 4 is 11.8 Å². The van der Waals surface area contributed by atoms with Gasteiger partial charge in [-0.1, -0.05) is 12.1 Å². The van der Waals surface area contributed by atoms with Gasteiger partial charge < -0.3 is 5.32 Å². The predicted molar refractivity (Wildman–Crippen MR) is 103 cm³/mol. The van der Waals surface area contributed by atoms with E-state index >= 15 is 0 Å². The van der Waals surface area contributed by atoms with Gasteiger partial charge in [0.15, 0.2) is 0 Å². The number of nitrogens with one attached hydrogen (secondary N) is 1. The molecule has 2 unspecified atom stereocenters. The lowest BCUT2D eigenvalue weighted by Gasteiger charge is -2.32. The molecular weight excluding hydrogens is 431 g/mol. The number of rotatable bonds is 5. The Morgan fingerprint density at radius 1 is 0.900 bits per heavy atom. The van der Waals surface area contributed by atoms with Crippen molar-refractivity contribution < 1.29 is 30.7 Å². The minimum atomic E-state index is -4.85. The first-order valence-corrected chi connectivity index (χ1v) is 10.5. The number of halogens is 7. The highest BCUT2D eigenvalue weighted by Crippen LogP contribution is 2.38. The summed E-state index contributed by atoms with van der Waals surface area (Å²) in [5, 5.41) is 3.27. The molecule has 2 atom stereocenters. The quantitative estimate of drug-likeness (QED) is 0.522. The Balaban J connectivity index is 1.70. The van der Waals surface area contributed by atoms with Crippen LogP contribution in [-0.2, 0) is 18.1 Å². The molecule has 0 aromatic heterocycles. The zero-order chi connectivity index (χ0) is 21.9. The summed E-state index contributed by atoms with van der Waals surface area (Å²) < 4.78 is 91.2. The Kier molecular flexibility index (Phi) is 7.02. The SMILES string of the molecule is Fc1ccc(C2CCNCC2CSCc2cc(C(F)(F)F)cc(C(F)(F)F)c2)cc1. The third-order valence-electron chi connectivity index (χ3n) is 5.15. The summed E-state index contributed by atoms with van der Waals surface area (Å²) in [6.45, 7) is 1.48. The fourth-order valence-corrected chi connectivity index (χ4v) is 4.85. The normalized spacial score (nSPS) is 20.4. The van der Waals surface area contributed by atoms with Crippen LogP contribution in [0.5, 0.6) is 0 Å². The molecule has 2 aromatic carbocycles. The van der Waals surface area contributed by atoms with Gasteiger partial charge in [0.1, 0.15) is 5.82 Å². The third-order valence-corrected chi connectivity index (χ3v) is 6.36. The summed E-state index contributed by atoms with van der Waals surface area (Å²) in [4.78, 5) is 0. The zero-order valence-corrected chi connectivity index (χ0v) is 16.6. The van der Waals surface area contributed by atoms with Crippen LogP contribution in [0.3, 0.4) is 0 Å². The van der Waals surface area contributed by atoms with E-state index in [1.54, 1.807) is 12.1 Å². The van der Waals surface area contributed by atoms with Crippen LogP contribution in [0.15, 0.2) is 42.5 Å². The van der Waals surface area contributed by atoms with Crippen LogP contribution in [0.2, 0.25) is 0 Å². The molecule has 1 aliphatic heterocycles. The largest absolute Gasteiger partial charge is 0.416 e. The first-order chi connectivity index (χ1) is 14.0. The van der Waals surface area contributed by atoms with Gasteiger partial charge in [0, 0.05) is 5.75 Å². The molecule has 9 heteroatoms. The molecule has 1 heterocycles. The Labute approximate surface area is 174 Å². The second-order valence-electron chi connectivity index (χ2n) is 7.34. The van der Waals surface area contributed by atoms with Crippen molar-refractivity contribution in [3.8, 4) is 0 Å². The van der Waals surface area contributed by atoms with Gasteiger partial charge in [-0.25, -0.2) is 4.39 Å². The van der Waals surface area contributed by atoms with Gasteiger partial charge in [-0.2, -0.15) is 38.1 Å². The molecule has 164 valence electrons. The molecule has 1 N–H and O–H groups in total. The van der Waals surface area contributed by atoms with Crippen molar-refractivity contribution in [1.29, 1.82) is 0 Å². The maximum atomic E-state index is 13.2. The van der Waals surface area contributed by atoms with Crippen molar-refractivity contribution in [1.82, 2.24) is 5.32 Å². The Morgan fingerprint density at radius 3 is 2.07 bits per heavy atom. The van der Waals surface area contributed by atoms with E-state index in [-0.39, 0.29) is 35.0 Å². The van der Waals surface area contributed by atoms with E-state index in [1.165, 1.54) is 23.9 Å². The van der Waals surface area contributed by atoms with Crippen LogP contribution >= 0.6 is 11.8 Å². The molecule has 0 amide bonds. The van der Waals surface area contributed by atoms with E-state index in [9.17, 15) is 30.7 Å². The zero-order valence-electron chi connectivity index (χ0n) is 15.8. The second kappa shape index (κ2) is 9.18. The van der Waals surface area contributed by atoms with E-state index in [4.69, 9.17) is 0 Å². The topological polar surface area (TPSA) is 12.0 Å². The lowest BCUT2D eigenvalue weighted by molar-refractivity contribution is -0.143. The van der Waals surface area contributed by atoms with E-state index in [1.807, 2.05) is 0 Å². The smallest absolute Gasteiger partial charge is 0.316 e. The fourth-order valence-electron chi connectivity index (χ4n) is 3.68. The molecule has 0 bridgehead atoms. The molecule has 2 aromatic rings. The average molecular weight is 451 g/mol. The van der Waals surface area contributed by atoms with Crippen molar-refractivity contribution in [2.45, 2.75) is 30.4 Å². The van der Waals surface area contributed by atoms with Gasteiger partial charge in [0.25, 0.3) is 0 Å². The molecule has 1 fully saturated rings. The van der Waals surface area contributed by atoms with Crippen LogP contribution in [0.1, 0.15) is 34.6 Å². The standard InChI is InChI=1S/C21H20F7NS/c22-18-3-1-14(2-4-18)19-5-6-29-10-15(19)12-30-11-13-7-16(20(23,24)25)9-17(8-13)21(26,27)28/h1-4,7-9,15,19,29H,5-6,10-12H2. The maximum Gasteiger partial charge on any atom is 0.416 e. The first kappa shape index (κ1) is 22.9. The van der Waals surface area contributed by atoms with Crippen LogP contribution in [0.4, 0.5) is 30.7 Å². The summed E-state index contributed by atoms with van der Waals surface area (Å²) in [5.41, 5.74) is -1.61. The third kappa shape index (κ3) is 5.91. The lowest BCUT2D eigenvalue weighted by atomic mass is 9.82. The molecule has 0 saturated carbocycles. The minimum absolute atomic E-state index is 0.00995. The maximum absolute atomic E-state index is 13.2. The number of alkyl halides is 6. The minimum Gasteiger partial charge on any atom is -0.316 e. The first-order valence-electron chi connectivity index (χ1n) is 9.36. The van der Waals surface area contributed by atoms with Gasteiger partial charge in [-0.05, 0) is 78.6 Å². The summed E-state index contributed by atoms with van der Waals surface area (Å²) in [7, 11) is 0. The van der Waals surface area contributed by atoms with Crippen molar-refractivity contribution in [2.24, 2.45) is 5.92 Å². The van der Waals surface area contributed by atoms with Crippen molar-refractivity contribution in [3.05, 3.63) is 70.5 Å². The van der Waals surface area contributed by atoms with Crippen LogP contribution < -0.4 is 5.32 Å². The average Bonchev–Trinajstić information content (AvgIpc) is 2.67. The highest BCUT2D eigenvalue weighted by molar-refractivity contribution is 7.98. The molecule has 1 aliphatic rings. The van der Waals surface area contributed by atoms with Crippen molar-refractivity contribution in [2.75, 3.05) is 18.8 Å². The van der Waals surface area contributed by atoms with E-state index < -0.39 is 23.5 Å². The Bertz CT molecular complexity index is 814. The number of thioether (sulfide) groups is 1. The van der Waals surface area contributed by atoms with E-state index in [0.717, 1.165) is 30.7 Å². The molecular formula is C21H20F7NS. The van der Waals surface area contributed by atoms with Crippen LogP contribution in [0.25, 0.3) is 0 Å². The molecule has 0 aliphatic carbocycles. The highest BCUT2D eigenvalue weighted by atomic mass is 32.2. The van der Waals surface area contributed by atoms with Crippen LogP contribution in [-0.4, -0.2) is 18.8 Å². The summed E-state index contributed by atoms with van der Waals surface area (Å²) in [6, 6.07) is 7.93. The number of benzene rings is 2. The van der Waals surface area contributed by atoms with E-state index in [2.05, 4.69) is 5.32 Å². The van der Waals surface area contributed by atoms with Gasteiger partial charge >= 0.3 is 12.4 Å². The molecule has 1 saturated heterocycles. The Morgan fingerprint density at radius 2 is 1.50 bits per heavy atom. The number of piperidine rings is 1. The molecule has 0 spiro atoms. The van der Waals surface area contributed by atoms with Gasteiger partial charge in [0.2, 0.25) is 0 Å². The molecule has 30 heavy (non-hydrogen) atoms. The monoisotopic (exact) mass is 451 g/mol. The van der Waals surface area contributed by atoms with Crippen molar-refractivity contribution in [3.63, 3.8) is 0 Å². The van der Waals surface area contributed by atoms with Gasteiger partial charge in [0.05, 0.1) is 11.1 Å². The summed E-state index contributed by atoms with van der Waals surface area (Å²) in [6.07, 6.45) is -8.86. The second-order valence-corrected chi connectivity index (χ2v) is 8.37. The van der Waals surface area contributed by atoms with Gasteiger partial charge in [-0.3, -0.25) is 0 Å². The van der Waals surface area contributed by atoms with Crippen LogP contribution in [0, 0.1) is 11.7 Å².